The molecule has 0 aliphatic carbocycles. The van der Waals surface area contributed by atoms with Crippen molar-refractivity contribution in [1.82, 2.24) is 9.88 Å². The number of halogens is 1. The van der Waals surface area contributed by atoms with Gasteiger partial charge in [0, 0.05) is 19.3 Å². The molecule has 1 saturated heterocycles. The fourth-order valence-corrected chi connectivity index (χ4v) is 2.65. The van der Waals surface area contributed by atoms with Crippen molar-refractivity contribution in [2.45, 2.75) is 25.8 Å². The molecule has 1 atom stereocenters. The van der Waals surface area contributed by atoms with Crippen LogP contribution in [0, 0.1) is 5.82 Å². The van der Waals surface area contributed by atoms with Crippen LogP contribution in [0.5, 0.6) is 0 Å². The van der Waals surface area contributed by atoms with E-state index in [2.05, 4.69) is 9.88 Å². The van der Waals surface area contributed by atoms with E-state index in [1.165, 1.54) is 6.07 Å². The van der Waals surface area contributed by atoms with E-state index in [9.17, 15) is 9.18 Å². The Bertz CT molecular complexity index is 492. The van der Waals surface area contributed by atoms with Crippen LogP contribution in [0.4, 0.5) is 4.39 Å². The molecule has 0 bridgehead atoms. The van der Waals surface area contributed by atoms with Gasteiger partial charge in [0.25, 0.3) is 0 Å². The van der Waals surface area contributed by atoms with Gasteiger partial charge in [-0.1, -0.05) is 0 Å². The lowest BCUT2D eigenvalue weighted by atomic mass is 9.87. The molecule has 116 valence electrons. The van der Waals surface area contributed by atoms with E-state index in [1.807, 2.05) is 6.92 Å². The largest absolute Gasteiger partial charge is 0.466 e. The van der Waals surface area contributed by atoms with E-state index >= 15 is 0 Å². The number of ether oxygens (including phenoxy) is 2. The first kappa shape index (κ1) is 15.9. The highest BCUT2D eigenvalue weighted by molar-refractivity contribution is 5.71. The van der Waals surface area contributed by atoms with Crippen molar-refractivity contribution in [3.8, 4) is 0 Å². The number of nitrogens with zero attached hydrogens (tertiary/aromatic N) is 2. The molecule has 0 N–H and O–H groups in total. The molecule has 1 unspecified atom stereocenters. The number of carbonyl (C=O) groups excluding carboxylic acids is 1. The molecule has 1 aromatic rings. The van der Waals surface area contributed by atoms with Gasteiger partial charge in [-0.15, -0.1) is 0 Å². The Morgan fingerprint density at radius 1 is 1.48 bits per heavy atom. The summed E-state index contributed by atoms with van der Waals surface area (Å²) in [4.78, 5) is 18.0. The zero-order valence-electron chi connectivity index (χ0n) is 12.5. The zero-order chi connectivity index (χ0) is 15.3. The van der Waals surface area contributed by atoms with Crippen LogP contribution in [-0.2, 0) is 19.8 Å². The Labute approximate surface area is 124 Å². The van der Waals surface area contributed by atoms with Crippen LogP contribution in [0.25, 0.3) is 0 Å². The van der Waals surface area contributed by atoms with E-state index < -0.39 is 11.4 Å². The van der Waals surface area contributed by atoms with Gasteiger partial charge in [0.05, 0.1) is 38.0 Å². The molecule has 1 fully saturated rings. The maximum atomic E-state index is 13.5. The molecule has 5 nitrogen and oxygen atoms in total. The van der Waals surface area contributed by atoms with E-state index in [0.29, 0.717) is 38.5 Å². The SMILES string of the molecule is CCOC(=O)CC(C)(c1cncc(F)c1)N1CCOCC1. The first-order chi connectivity index (χ1) is 10.1. The summed E-state index contributed by atoms with van der Waals surface area (Å²) in [6, 6.07) is 1.43. The summed E-state index contributed by atoms with van der Waals surface area (Å²) in [7, 11) is 0. The van der Waals surface area contributed by atoms with Crippen molar-refractivity contribution in [1.29, 1.82) is 0 Å². The summed E-state index contributed by atoms with van der Waals surface area (Å²) in [5.41, 5.74) is 0.0305. The molecule has 6 heteroatoms. The van der Waals surface area contributed by atoms with Crippen LogP contribution in [-0.4, -0.2) is 48.8 Å². The lowest BCUT2D eigenvalue weighted by molar-refractivity contribution is -0.147. The summed E-state index contributed by atoms with van der Waals surface area (Å²) < 4.78 is 24.0. The number of aromatic nitrogens is 1. The van der Waals surface area contributed by atoms with Gasteiger partial charge in [-0.25, -0.2) is 4.39 Å². The summed E-state index contributed by atoms with van der Waals surface area (Å²) in [6.45, 7) is 6.60. The molecule has 2 rings (SSSR count). The number of carbonyl (C=O) groups is 1. The van der Waals surface area contributed by atoms with Crippen LogP contribution < -0.4 is 0 Å². The van der Waals surface area contributed by atoms with E-state index in [-0.39, 0.29) is 12.4 Å². The Hall–Kier alpha value is -1.53. The fraction of sp³-hybridized carbons (Fsp3) is 0.600. The van der Waals surface area contributed by atoms with Crippen LogP contribution in [0.2, 0.25) is 0 Å². The highest BCUT2D eigenvalue weighted by Gasteiger charge is 2.38. The maximum Gasteiger partial charge on any atom is 0.308 e. The minimum absolute atomic E-state index is 0.159. The van der Waals surface area contributed by atoms with Crippen molar-refractivity contribution < 1.29 is 18.7 Å². The number of morpholine rings is 1. The van der Waals surface area contributed by atoms with Gasteiger partial charge in [-0.2, -0.15) is 0 Å². The molecule has 1 aromatic heterocycles. The Balaban J connectivity index is 2.30. The van der Waals surface area contributed by atoms with Crippen LogP contribution in [0.15, 0.2) is 18.5 Å². The summed E-state index contributed by atoms with van der Waals surface area (Å²) in [6.07, 6.45) is 2.93. The van der Waals surface area contributed by atoms with Gasteiger partial charge in [-0.05, 0) is 25.5 Å². The molecular formula is C15H21FN2O3. The fourth-order valence-electron chi connectivity index (χ4n) is 2.65. The minimum Gasteiger partial charge on any atom is -0.466 e. The molecule has 0 saturated carbocycles. The third-order valence-corrected chi connectivity index (χ3v) is 3.83. The third-order valence-electron chi connectivity index (χ3n) is 3.83. The number of esters is 1. The molecule has 0 amide bonds. The zero-order valence-corrected chi connectivity index (χ0v) is 12.5. The highest BCUT2D eigenvalue weighted by Crippen LogP contribution is 2.33. The predicted octanol–water partition coefficient (Wildman–Crippen LogP) is 1.72. The van der Waals surface area contributed by atoms with Gasteiger partial charge >= 0.3 is 5.97 Å². The molecule has 1 aliphatic rings. The molecule has 1 aliphatic heterocycles. The molecule has 0 radical (unpaired) electrons. The van der Waals surface area contributed by atoms with Crippen molar-refractivity contribution in [2.75, 3.05) is 32.9 Å². The quantitative estimate of drug-likeness (QED) is 0.774. The average molecular weight is 296 g/mol. The van der Waals surface area contributed by atoms with Crippen molar-refractivity contribution in [2.24, 2.45) is 0 Å². The van der Waals surface area contributed by atoms with Crippen LogP contribution in [0.3, 0.4) is 0 Å². The van der Waals surface area contributed by atoms with E-state index in [0.717, 1.165) is 6.20 Å². The first-order valence-corrected chi connectivity index (χ1v) is 7.15. The smallest absolute Gasteiger partial charge is 0.308 e. The number of rotatable bonds is 5. The minimum atomic E-state index is -0.648. The summed E-state index contributed by atoms with van der Waals surface area (Å²) in [5, 5.41) is 0. The highest BCUT2D eigenvalue weighted by atomic mass is 19.1. The Morgan fingerprint density at radius 2 is 2.19 bits per heavy atom. The van der Waals surface area contributed by atoms with Gasteiger partial charge in [-0.3, -0.25) is 14.7 Å². The molecule has 21 heavy (non-hydrogen) atoms. The average Bonchev–Trinajstić information content (AvgIpc) is 2.48. The summed E-state index contributed by atoms with van der Waals surface area (Å²) >= 11 is 0. The Morgan fingerprint density at radius 3 is 2.81 bits per heavy atom. The van der Waals surface area contributed by atoms with Crippen molar-refractivity contribution in [3.05, 3.63) is 29.8 Å². The number of hydrogen-bond acceptors (Lipinski definition) is 5. The lowest BCUT2D eigenvalue weighted by Gasteiger charge is -2.43. The van der Waals surface area contributed by atoms with Gasteiger partial charge in [0.1, 0.15) is 5.82 Å². The summed E-state index contributed by atoms with van der Waals surface area (Å²) in [5.74, 6) is -0.702. The standard InChI is InChI=1S/C15H21FN2O3/c1-3-21-14(19)9-15(2,18-4-6-20-7-5-18)12-8-13(16)11-17-10-12/h8,10-11H,3-7,9H2,1-2H3. The van der Waals surface area contributed by atoms with Gasteiger partial charge in [0.15, 0.2) is 0 Å². The van der Waals surface area contributed by atoms with Crippen LogP contribution >= 0.6 is 0 Å². The molecule has 0 spiro atoms. The lowest BCUT2D eigenvalue weighted by Crippen LogP contribution is -2.51. The second kappa shape index (κ2) is 6.95. The second-order valence-corrected chi connectivity index (χ2v) is 5.25. The van der Waals surface area contributed by atoms with E-state index in [4.69, 9.17) is 9.47 Å². The Kier molecular flexibility index (Phi) is 5.25. The maximum absolute atomic E-state index is 13.5. The third kappa shape index (κ3) is 3.77. The normalized spacial score (nSPS) is 19.0. The number of hydrogen-bond donors (Lipinski definition) is 0. The van der Waals surface area contributed by atoms with Crippen LogP contribution in [0.1, 0.15) is 25.8 Å². The van der Waals surface area contributed by atoms with Gasteiger partial charge in [0.2, 0.25) is 0 Å². The topological polar surface area (TPSA) is 51.7 Å². The van der Waals surface area contributed by atoms with Crippen molar-refractivity contribution in [3.63, 3.8) is 0 Å². The first-order valence-electron chi connectivity index (χ1n) is 7.15. The predicted molar refractivity (Wildman–Crippen MR) is 75.2 cm³/mol. The van der Waals surface area contributed by atoms with Crippen molar-refractivity contribution >= 4 is 5.97 Å². The van der Waals surface area contributed by atoms with Gasteiger partial charge < -0.3 is 9.47 Å². The monoisotopic (exact) mass is 296 g/mol. The number of pyridine rings is 1. The molecular weight excluding hydrogens is 275 g/mol. The second-order valence-electron chi connectivity index (χ2n) is 5.25. The molecule has 0 aromatic carbocycles. The van der Waals surface area contributed by atoms with E-state index in [1.54, 1.807) is 13.1 Å². The molecule has 2 heterocycles.